The molecule has 0 aliphatic rings. The molecule has 0 saturated heterocycles. The molecular weight excluding hydrogens is 257 g/mol. The minimum Gasteiger partial charge on any atom is -0.307 e. The summed E-state index contributed by atoms with van der Waals surface area (Å²) < 4.78 is 2.01. The van der Waals surface area contributed by atoms with Crippen LogP contribution in [0, 0.1) is 0 Å². The molecule has 90 valence electrons. The van der Waals surface area contributed by atoms with E-state index in [1.165, 1.54) is 0 Å². The number of halogens is 2. The molecule has 2 aromatic rings. The lowest BCUT2D eigenvalue weighted by molar-refractivity contribution is 0.585. The van der Waals surface area contributed by atoms with Crippen LogP contribution in [-0.2, 0) is 5.88 Å². The quantitative estimate of drug-likeness (QED) is 0.791. The predicted molar refractivity (Wildman–Crippen MR) is 70.4 cm³/mol. The van der Waals surface area contributed by atoms with E-state index in [1.807, 2.05) is 28.8 Å². The van der Waals surface area contributed by atoms with E-state index in [2.05, 4.69) is 24.0 Å². The minimum absolute atomic E-state index is 0.241. The first-order chi connectivity index (χ1) is 8.15. The number of benzene rings is 1. The van der Waals surface area contributed by atoms with Gasteiger partial charge in [-0.15, -0.1) is 21.8 Å². The van der Waals surface area contributed by atoms with Crippen molar-refractivity contribution in [2.75, 3.05) is 0 Å². The Bertz CT molecular complexity index is 520. The number of nitrogens with zero attached hydrogens (tertiary/aromatic N) is 3. The van der Waals surface area contributed by atoms with Crippen molar-refractivity contribution in [3.8, 4) is 11.4 Å². The van der Waals surface area contributed by atoms with Gasteiger partial charge >= 0.3 is 0 Å². The Morgan fingerprint density at radius 3 is 2.53 bits per heavy atom. The largest absolute Gasteiger partial charge is 0.307 e. The molecule has 5 heteroatoms. The second-order valence-corrected chi connectivity index (χ2v) is 4.69. The van der Waals surface area contributed by atoms with E-state index < -0.39 is 0 Å². The fraction of sp³-hybridized carbons (Fsp3) is 0.333. The first kappa shape index (κ1) is 12.4. The highest BCUT2D eigenvalue weighted by Crippen LogP contribution is 2.28. The van der Waals surface area contributed by atoms with Crippen molar-refractivity contribution in [2.45, 2.75) is 25.8 Å². The molecule has 0 saturated carbocycles. The zero-order chi connectivity index (χ0) is 12.4. The maximum absolute atomic E-state index is 6.17. The van der Waals surface area contributed by atoms with Gasteiger partial charge in [0.15, 0.2) is 5.82 Å². The Balaban J connectivity index is 2.60. The van der Waals surface area contributed by atoms with Crippen LogP contribution in [0.15, 0.2) is 24.3 Å². The molecule has 1 heterocycles. The minimum atomic E-state index is 0.241. The first-order valence-electron chi connectivity index (χ1n) is 5.39. The summed E-state index contributed by atoms with van der Waals surface area (Å²) in [5, 5.41) is 8.95. The van der Waals surface area contributed by atoms with Crippen molar-refractivity contribution >= 4 is 23.2 Å². The molecule has 3 nitrogen and oxygen atoms in total. The molecule has 0 atom stereocenters. The standard InChI is InChI=1S/C12H13Cl2N3/c1-8(2)17-11(7-13)15-16-12(17)9-5-3-4-6-10(9)14/h3-6,8H,7H2,1-2H3. The van der Waals surface area contributed by atoms with Crippen molar-refractivity contribution in [3.05, 3.63) is 35.1 Å². The van der Waals surface area contributed by atoms with Gasteiger partial charge in [-0.05, 0) is 26.0 Å². The van der Waals surface area contributed by atoms with Crippen LogP contribution in [0.1, 0.15) is 25.7 Å². The van der Waals surface area contributed by atoms with Gasteiger partial charge in [-0.1, -0.05) is 23.7 Å². The molecular formula is C12H13Cl2N3. The lowest BCUT2D eigenvalue weighted by Gasteiger charge is -2.13. The van der Waals surface area contributed by atoms with Crippen LogP contribution in [-0.4, -0.2) is 14.8 Å². The zero-order valence-electron chi connectivity index (χ0n) is 9.69. The summed E-state index contributed by atoms with van der Waals surface area (Å²) >= 11 is 12.0. The second kappa shape index (κ2) is 5.07. The van der Waals surface area contributed by atoms with Crippen LogP contribution in [0.25, 0.3) is 11.4 Å². The van der Waals surface area contributed by atoms with Crippen molar-refractivity contribution in [3.63, 3.8) is 0 Å². The van der Waals surface area contributed by atoms with Crippen LogP contribution in [0.2, 0.25) is 5.02 Å². The molecule has 0 bridgehead atoms. The third kappa shape index (κ3) is 2.31. The molecule has 0 aliphatic heterocycles. The molecule has 0 unspecified atom stereocenters. The normalized spacial score (nSPS) is 11.1. The Hall–Kier alpha value is -1.06. The summed E-state index contributed by atoms with van der Waals surface area (Å²) in [5.74, 6) is 1.87. The summed E-state index contributed by atoms with van der Waals surface area (Å²) in [6, 6.07) is 7.84. The molecule has 0 fully saturated rings. The molecule has 0 amide bonds. The summed E-state index contributed by atoms with van der Waals surface area (Å²) in [6.45, 7) is 4.14. The Labute approximate surface area is 110 Å². The number of alkyl halides is 1. The monoisotopic (exact) mass is 269 g/mol. The highest BCUT2D eigenvalue weighted by Gasteiger charge is 2.17. The lowest BCUT2D eigenvalue weighted by atomic mass is 10.2. The van der Waals surface area contributed by atoms with Gasteiger partial charge < -0.3 is 4.57 Å². The zero-order valence-corrected chi connectivity index (χ0v) is 11.2. The van der Waals surface area contributed by atoms with Crippen molar-refractivity contribution in [2.24, 2.45) is 0 Å². The molecule has 2 rings (SSSR count). The fourth-order valence-electron chi connectivity index (χ4n) is 1.78. The topological polar surface area (TPSA) is 30.7 Å². The van der Waals surface area contributed by atoms with E-state index in [1.54, 1.807) is 0 Å². The van der Waals surface area contributed by atoms with Gasteiger partial charge in [-0.25, -0.2) is 0 Å². The number of hydrogen-bond donors (Lipinski definition) is 0. The van der Waals surface area contributed by atoms with Crippen LogP contribution in [0.3, 0.4) is 0 Å². The average molecular weight is 270 g/mol. The molecule has 0 radical (unpaired) electrons. The van der Waals surface area contributed by atoms with Crippen LogP contribution in [0.4, 0.5) is 0 Å². The maximum Gasteiger partial charge on any atom is 0.165 e. The van der Waals surface area contributed by atoms with Gasteiger partial charge in [-0.2, -0.15) is 0 Å². The van der Waals surface area contributed by atoms with Gasteiger partial charge in [0.1, 0.15) is 5.82 Å². The van der Waals surface area contributed by atoms with E-state index in [0.29, 0.717) is 10.9 Å². The number of rotatable bonds is 3. The second-order valence-electron chi connectivity index (χ2n) is 4.02. The molecule has 0 spiro atoms. The fourth-order valence-corrected chi connectivity index (χ4v) is 2.19. The molecule has 1 aromatic heterocycles. The van der Waals surface area contributed by atoms with Crippen LogP contribution in [0.5, 0.6) is 0 Å². The first-order valence-corrected chi connectivity index (χ1v) is 6.31. The third-order valence-corrected chi connectivity index (χ3v) is 3.09. The summed E-state index contributed by atoms with van der Waals surface area (Å²) in [7, 11) is 0. The summed E-state index contributed by atoms with van der Waals surface area (Å²) in [6.07, 6.45) is 0. The van der Waals surface area contributed by atoms with Gasteiger partial charge in [0.25, 0.3) is 0 Å². The van der Waals surface area contributed by atoms with Crippen LogP contribution >= 0.6 is 23.2 Å². The van der Waals surface area contributed by atoms with Crippen molar-refractivity contribution in [1.29, 1.82) is 0 Å². The molecule has 17 heavy (non-hydrogen) atoms. The number of aromatic nitrogens is 3. The lowest BCUT2D eigenvalue weighted by Crippen LogP contribution is -2.07. The highest BCUT2D eigenvalue weighted by atomic mass is 35.5. The van der Waals surface area contributed by atoms with E-state index in [9.17, 15) is 0 Å². The Kier molecular flexibility index (Phi) is 3.69. The van der Waals surface area contributed by atoms with Crippen molar-refractivity contribution in [1.82, 2.24) is 14.8 Å². The SMILES string of the molecule is CC(C)n1c(CCl)nnc1-c1ccccc1Cl. The van der Waals surface area contributed by atoms with E-state index >= 15 is 0 Å². The number of hydrogen-bond acceptors (Lipinski definition) is 2. The van der Waals surface area contributed by atoms with Gasteiger partial charge in [-0.3, -0.25) is 0 Å². The Morgan fingerprint density at radius 1 is 1.24 bits per heavy atom. The van der Waals surface area contributed by atoms with Crippen LogP contribution < -0.4 is 0 Å². The van der Waals surface area contributed by atoms with E-state index in [0.717, 1.165) is 17.2 Å². The van der Waals surface area contributed by atoms with E-state index in [-0.39, 0.29) is 6.04 Å². The maximum atomic E-state index is 6.17. The Morgan fingerprint density at radius 2 is 1.94 bits per heavy atom. The van der Waals surface area contributed by atoms with Crippen molar-refractivity contribution < 1.29 is 0 Å². The van der Waals surface area contributed by atoms with E-state index in [4.69, 9.17) is 23.2 Å². The smallest absolute Gasteiger partial charge is 0.165 e. The van der Waals surface area contributed by atoms with Gasteiger partial charge in [0, 0.05) is 11.6 Å². The predicted octanol–water partition coefficient (Wildman–Crippen LogP) is 3.92. The molecule has 1 aromatic carbocycles. The molecule has 0 aliphatic carbocycles. The summed E-state index contributed by atoms with van der Waals surface area (Å²) in [4.78, 5) is 0. The third-order valence-electron chi connectivity index (χ3n) is 2.52. The summed E-state index contributed by atoms with van der Waals surface area (Å²) in [5.41, 5.74) is 0.881. The molecule has 0 N–H and O–H groups in total. The van der Waals surface area contributed by atoms with Gasteiger partial charge in [0.05, 0.1) is 10.9 Å². The van der Waals surface area contributed by atoms with Gasteiger partial charge in [0.2, 0.25) is 0 Å². The highest BCUT2D eigenvalue weighted by molar-refractivity contribution is 6.33. The average Bonchev–Trinajstić information content (AvgIpc) is 2.73.